The van der Waals surface area contributed by atoms with Crippen LogP contribution in [0.25, 0.3) is 0 Å². The third-order valence-electron chi connectivity index (χ3n) is 3.34. The summed E-state index contributed by atoms with van der Waals surface area (Å²) in [7, 11) is 1.63. The van der Waals surface area contributed by atoms with E-state index >= 15 is 0 Å². The van der Waals surface area contributed by atoms with Crippen LogP contribution in [0.1, 0.15) is 40.0 Å². The van der Waals surface area contributed by atoms with Crippen molar-refractivity contribution in [2.75, 3.05) is 33.4 Å². The number of hydrogen-bond donors (Lipinski definition) is 2. The van der Waals surface area contributed by atoms with Crippen molar-refractivity contribution in [3.05, 3.63) is 0 Å². The zero-order chi connectivity index (χ0) is 16.6. The van der Waals surface area contributed by atoms with Gasteiger partial charge in [-0.3, -0.25) is 4.99 Å². The molecule has 0 aliphatic carbocycles. The topological polar surface area (TPSA) is 89.2 Å². The SMILES string of the molecule is COCCNC(N)=NCC1CCCCN1C(=O)OC(C)(C)C.I. The number of amides is 1. The van der Waals surface area contributed by atoms with E-state index in [1.54, 1.807) is 12.0 Å². The maximum atomic E-state index is 12.3. The molecule has 1 heterocycles. The van der Waals surface area contributed by atoms with Crippen molar-refractivity contribution in [2.24, 2.45) is 10.7 Å². The van der Waals surface area contributed by atoms with E-state index in [0.717, 1.165) is 19.3 Å². The summed E-state index contributed by atoms with van der Waals surface area (Å²) in [6.45, 7) is 8.02. The summed E-state index contributed by atoms with van der Waals surface area (Å²) in [6, 6.07) is 0.0476. The second kappa shape index (κ2) is 10.9. The highest BCUT2D eigenvalue weighted by molar-refractivity contribution is 14.0. The molecule has 0 radical (unpaired) electrons. The van der Waals surface area contributed by atoms with Gasteiger partial charge in [0.25, 0.3) is 0 Å². The molecule has 23 heavy (non-hydrogen) atoms. The molecule has 8 heteroatoms. The summed E-state index contributed by atoms with van der Waals surface area (Å²) in [6.07, 6.45) is 2.75. The van der Waals surface area contributed by atoms with Crippen molar-refractivity contribution in [3.8, 4) is 0 Å². The molecule has 1 amide bonds. The first-order chi connectivity index (χ1) is 10.3. The van der Waals surface area contributed by atoms with Gasteiger partial charge in [-0.25, -0.2) is 4.79 Å². The Bertz CT molecular complexity index is 385. The quantitative estimate of drug-likeness (QED) is 0.294. The molecule has 0 aromatic rings. The van der Waals surface area contributed by atoms with Crippen LogP contribution in [0.4, 0.5) is 4.79 Å². The molecule has 1 aliphatic rings. The third kappa shape index (κ3) is 9.19. The molecule has 1 aliphatic heterocycles. The second-order valence-electron chi connectivity index (χ2n) is 6.47. The lowest BCUT2D eigenvalue weighted by atomic mass is 10.0. The molecular formula is C15H31IN4O3. The minimum absolute atomic E-state index is 0. The van der Waals surface area contributed by atoms with E-state index in [0.29, 0.717) is 32.2 Å². The van der Waals surface area contributed by atoms with Crippen molar-refractivity contribution in [3.63, 3.8) is 0 Å². The van der Waals surface area contributed by atoms with Gasteiger partial charge in [0.2, 0.25) is 0 Å². The molecule has 1 fully saturated rings. The van der Waals surface area contributed by atoms with Gasteiger partial charge in [-0.2, -0.15) is 0 Å². The number of halogens is 1. The lowest BCUT2D eigenvalue weighted by molar-refractivity contribution is 0.0110. The number of likely N-dealkylation sites (tertiary alicyclic amines) is 1. The van der Waals surface area contributed by atoms with Crippen LogP contribution in [-0.4, -0.2) is 61.9 Å². The number of carbonyl (C=O) groups excluding carboxylic acids is 1. The van der Waals surface area contributed by atoms with Gasteiger partial charge in [0.15, 0.2) is 5.96 Å². The van der Waals surface area contributed by atoms with Crippen LogP contribution in [0.3, 0.4) is 0 Å². The Balaban J connectivity index is 0.00000484. The highest BCUT2D eigenvalue weighted by atomic mass is 127. The second-order valence-corrected chi connectivity index (χ2v) is 6.47. The summed E-state index contributed by atoms with van der Waals surface area (Å²) < 4.78 is 10.4. The van der Waals surface area contributed by atoms with E-state index in [-0.39, 0.29) is 36.1 Å². The third-order valence-corrected chi connectivity index (χ3v) is 3.34. The number of guanidine groups is 1. The van der Waals surface area contributed by atoms with Crippen molar-refractivity contribution in [2.45, 2.75) is 51.7 Å². The Morgan fingerprint density at radius 2 is 2.09 bits per heavy atom. The lowest BCUT2D eigenvalue weighted by Gasteiger charge is -2.36. The minimum Gasteiger partial charge on any atom is -0.444 e. The van der Waals surface area contributed by atoms with Gasteiger partial charge in [-0.1, -0.05) is 0 Å². The summed E-state index contributed by atoms with van der Waals surface area (Å²) in [5, 5.41) is 2.97. The monoisotopic (exact) mass is 442 g/mol. The average molecular weight is 442 g/mol. The number of nitrogens with zero attached hydrogens (tertiary/aromatic N) is 2. The largest absolute Gasteiger partial charge is 0.444 e. The first kappa shape index (κ1) is 22.2. The van der Waals surface area contributed by atoms with Crippen LogP contribution in [0.15, 0.2) is 4.99 Å². The fraction of sp³-hybridized carbons (Fsp3) is 0.867. The van der Waals surface area contributed by atoms with Gasteiger partial charge >= 0.3 is 6.09 Å². The van der Waals surface area contributed by atoms with Crippen molar-refractivity contribution in [1.29, 1.82) is 0 Å². The number of piperidine rings is 1. The first-order valence-electron chi connectivity index (χ1n) is 7.86. The van der Waals surface area contributed by atoms with Gasteiger partial charge in [0.05, 0.1) is 19.2 Å². The summed E-state index contributed by atoms with van der Waals surface area (Å²) >= 11 is 0. The molecule has 0 saturated carbocycles. The van der Waals surface area contributed by atoms with Crippen molar-refractivity contribution >= 4 is 36.0 Å². The fourth-order valence-electron chi connectivity index (χ4n) is 2.29. The summed E-state index contributed by atoms with van der Waals surface area (Å²) in [5.41, 5.74) is 5.32. The molecular weight excluding hydrogens is 411 g/mol. The Hall–Kier alpha value is -0.770. The van der Waals surface area contributed by atoms with E-state index in [2.05, 4.69) is 10.3 Å². The van der Waals surface area contributed by atoms with E-state index in [1.165, 1.54) is 0 Å². The van der Waals surface area contributed by atoms with Gasteiger partial charge in [-0.05, 0) is 40.0 Å². The maximum Gasteiger partial charge on any atom is 0.410 e. The molecule has 7 nitrogen and oxygen atoms in total. The van der Waals surface area contributed by atoms with E-state index in [1.807, 2.05) is 20.8 Å². The predicted octanol–water partition coefficient (Wildman–Crippen LogP) is 1.94. The fourth-order valence-corrected chi connectivity index (χ4v) is 2.29. The van der Waals surface area contributed by atoms with Crippen LogP contribution in [0.5, 0.6) is 0 Å². The van der Waals surface area contributed by atoms with E-state index in [4.69, 9.17) is 15.2 Å². The van der Waals surface area contributed by atoms with Gasteiger partial charge < -0.3 is 25.4 Å². The highest BCUT2D eigenvalue weighted by Gasteiger charge is 2.30. The number of rotatable bonds is 5. The van der Waals surface area contributed by atoms with Crippen molar-refractivity contribution in [1.82, 2.24) is 10.2 Å². The minimum atomic E-state index is -0.483. The average Bonchev–Trinajstić information content (AvgIpc) is 2.44. The molecule has 3 N–H and O–H groups in total. The Morgan fingerprint density at radius 3 is 2.70 bits per heavy atom. The van der Waals surface area contributed by atoms with Gasteiger partial charge in [0.1, 0.15) is 5.60 Å². The number of nitrogens with two attached hydrogens (primary N) is 1. The Kier molecular flexibility index (Phi) is 10.5. The molecule has 136 valence electrons. The smallest absolute Gasteiger partial charge is 0.410 e. The van der Waals surface area contributed by atoms with Crippen LogP contribution < -0.4 is 11.1 Å². The molecule has 1 saturated heterocycles. The zero-order valence-electron chi connectivity index (χ0n) is 14.6. The predicted molar refractivity (Wildman–Crippen MR) is 102 cm³/mol. The van der Waals surface area contributed by atoms with Gasteiger partial charge in [0, 0.05) is 20.2 Å². The molecule has 0 bridgehead atoms. The number of methoxy groups -OCH3 is 1. The number of nitrogens with one attached hydrogen (secondary N) is 1. The molecule has 0 aromatic carbocycles. The zero-order valence-corrected chi connectivity index (χ0v) is 17.0. The Labute approximate surface area is 156 Å². The molecule has 1 rings (SSSR count). The van der Waals surface area contributed by atoms with Crippen LogP contribution in [0.2, 0.25) is 0 Å². The lowest BCUT2D eigenvalue weighted by Crippen LogP contribution is -2.48. The maximum absolute atomic E-state index is 12.3. The van der Waals surface area contributed by atoms with E-state index < -0.39 is 5.60 Å². The number of aliphatic imine (C=N–C) groups is 1. The summed E-state index contributed by atoms with van der Waals surface area (Å²) in [5.74, 6) is 0.381. The van der Waals surface area contributed by atoms with Crippen LogP contribution in [-0.2, 0) is 9.47 Å². The highest BCUT2D eigenvalue weighted by Crippen LogP contribution is 2.20. The number of hydrogen-bond acceptors (Lipinski definition) is 4. The van der Waals surface area contributed by atoms with Gasteiger partial charge in [-0.15, -0.1) is 24.0 Å². The molecule has 1 unspecified atom stereocenters. The van der Waals surface area contributed by atoms with E-state index in [9.17, 15) is 4.79 Å². The molecule has 1 atom stereocenters. The number of carbonyl (C=O) groups is 1. The first-order valence-corrected chi connectivity index (χ1v) is 7.86. The molecule has 0 spiro atoms. The van der Waals surface area contributed by atoms with Crippen molar-refractivity contribution < 1.29 is 14.3 Å². The van der Waals surface area contributed by atoms with Crippen LogP contribution in [0, 0.1) is 0 Å². The number of ether oxygens (including phenoxy) is 2. The normalized spacial score (nSPS) is 19.0. The standard InChI is InChI=1S/C15H30N4O3.HI/c1-15(2,3)22-14(20)19-9-6-5-7-12(19)11-18-13(16)17-8-10-21-4;/h12H,5-11H2,1-4H3,(H3,16,17,18);1H. The molecule has 0 aromatic heterocycles. The Morgan fingerprint density at radius 1 is 1.39 bits per heavy atom. The van der Waals surface area contributed by atoms with Crippen LogP contribution >= 0.6 is 24.0 Å². The summed E-state index contributed by atoms with van der Waals surface area (Å²) in [4.78, 5) is 18.4.